The Morgan fingerprint density at radius 1 is 0.871 bits per heavy atom. The van der Waals surface area contributed by atoms with Crippen LogP contribution in [0.4, 0.5) is 0 Å². The highest BCUT2D eigenvalue weighted by atomic mass is 14.6. The number of hydrogen-bond donors (Lipinski definition) is 0. The number of allylic oxidation sites excluding steroid dienone is 2. The molecule has 0 radical (unpaired) electrons. The zero-order valence-electron chi connectivity index (χ0n) is 20.0. The molecule has 5 rings (SSSR count). The van der Waals surface area contributed by atoms with Crippen molar-refractivity contribution in [1.82, 2.24) is 0 Å². The molecule has 3 aliphatic carbocycles. The van der Waals surface area contributed by atoms with Crippen LogP contribution >= 0.6 is 0 Å². The number of benzene rings is 2. The summed E-state index contributed by atoms with van der Waals surface area (Å²) >= 11 is 0. The maximum atomic E-state index is 2.57. The first kappa shape index (κ1) is 21.0. The third kappa shape index (κ3) is 3.81. The van der Waals surface area contributed by atoms with Gasteiger partial charge in [-0.05, 0) is 95.3 Å². The van der Waals surface area contributed by atoms with Crippen LogP contribution in [0.2, 0.25) is 0 Å². The fourth-order valence-electron chi connectivity index (χ4n) is 6.56. The summed E-state index contributed by atoms with van der Waals surface area (Å²) in [6.45, 7) is 9.66. The lowest BCUT2D eigenvalue weighted by molar-refractivity contribution is 0.272. The number of rotatable bonds is 6. The summed E-state index contributed by atoms with van der Waals surface area (Å²) in [6, 6.07) is 18.9. The first-order chi connectivity index (χ1) is 14.9. The third-order valence-corrected chi connectivity index (χ3v) is 9.81. The Bertz CT molecular complexity index is 927. The van der Waals surface area contributed by atoms with Crippen molar-refractivity contribution in [1.29, 1.82) is 0 Å². The van der Waals surface area contributed by atoms with Crippen LogP contribution in [0.5, 0.6) is 0 Å². The van der Waals surface area contributed by atoms with Gasteiger partial charge >= 0.3 is 0 Å². The van der Waals surface area contributed by atoms with Gasteiger partial charge in [0.1, 0.15) is 0 Å². The predicted molar refractivity (Wildman–Crippen MR) is 133 cm³/mol. The van der Waals surface area contributed by atoms with Crippen molar-refractivity contribution in [3.63, 3.8) is 0 Å². The predicted octanol–water partition coefficient (Wildman–Crippen LogP) is 8.92. The van der Waals surface area contributed by atoms with Crippen LogP contribution in [-0.2, 0) is 5.41 Å². The molecule has 3 aliphatic rings. The Morgan fingerprint density at radius 2 is 1.52 bits per heavy atom. The van der Waals surface area contributed by atoms with E-state index in [0.717, 1.165) is 23.7 Å². The monoisotopic (exact) mass is 412 g/mol. The second-order valence-electron chi connectivity index (χ2n) is 11.4. The van der Waals surface area contributed by atoms with E-state index < -0.39 is 0 Å². The van der Waals surface area contributed by atoms with Gasteiger partial charge in [-0.1, -0.05) is 94.8 Å². The fourth-order valence-corrected chi connectivity index (χ4v) is 6.56. The Kier molecular flexibility index (Phi) is 5.40. The second-order valence-corrected chi connectivity index (χ2v) is 11.4. The highest BCUT2D eigenvalue weighted by molar-refractivity contribution is 5.64. The zero-order valence-corrected chi connectivity index (χ0v) is 20.0. The van der Waals surface area contributed by atoms with Crippen LogP contribution in [0.15, 0.2) is 60.7 Å². The van der Waals surface area contributed by atoms with E-state index in [-0.39, 0.29) is 0 Å². The van der Waals surface area contributed by atoms with Crippen LogP contribution in [0.25, 0.3) is 11.1 Å². The van der Waals surface area contributed by atoms with E-state index in [4.69, 9.17) is 0 Å². The average Bonchev–Trinajstić information content (AvgIpc) is 3.09. The van der Waals surface area contributed by atoms with Gasteiger partial charge < -0.3 is 0 Å². The molecule has 5 atom stereocenters. The van der Waals surface area contributed by atoms with E-state index in [9.17, 15) is 0 Å². The summed E-state index contributed by atoms with van der Waals surface area (Å²) in [5.74, 6) is 3.19. The minimum Gasteiger partial charge on any atom is -0.0851 e. The zero-order chi connectivity index (χ0) is 21.6. The van der Waals surface area contributed by atoms with Gasteiger partial charge in [0.2, 0.25) is 0 Å². The van der Waals surface area contributed by atoms with Crippen molar-refractivity contribution >= 4 is 0 Å². The molecular weight excluding hydrogens is 372 g/mol. The van der Waals surface area contributed by atoms with Gasteiger partial charge in [-0.25, -0.2) is 0 Å². The Labute approximate surface area is 190 Å². The highest BCUT2D eigenvalue weighted by Crippen LogP contribution is 2.61. The average molecular weight is 413 g/mol. The van der Waals surface area contributed by atoms with E-state index in [1.165, 1.54) is 67.2 Å². The second kappa shape index (κ2) is 7.95. The molecular formula is C31H40. The van der Waals surface area contributed by atoms with Gasteiger partial charge in [0, 0.05) is 0 Å². The van der Waals surface area contributed by atoms with Crippen LogP contribution < -0.4 is 0 Å². The molecule has 5 unspecified atom stereocenters. The first-order valence-electron chi connectivity index (χ1n) is 12.8. The standard InChI is InChI=1S/C31H40/c1-5-31(4)22(2)29(31)18-8-23-7-9-27(21-23)26-12-10-24(11-13-26)25-14-16-28(17-15-25)30(3)19-6-20-30/h8,10-18,22-23,27,29H,5-7,9,19-21H2,1-4H3/b18-8+. The van der Waals surface area contributed by atoms with Crippen molar-refractivity contribution in [2.75, 3.05) is 0 Å². The van der Waals surface area contributed by atoms with Crippen molar-refractivity contribution in [2.24, 2.45) is 23.2 Å². The van der Waals surface area contributed by atoms with Gasteiger partial charge in [0.05, 0.1) is 0 Å². The van der Waals surface area contributed by atoms with Crippen molar-refractivity contribution in [3.05, 3.63) is 71.8 Å². The molecule has 0 saturated heterocycles. The van der Waals surface area contributed by atoms with Gasteiger partial charge in [0.25, 0.3) is 0 Å². The summed E-state index contributed by atoms with van der Waals surface area (Å²) in [4.78, 5) is 0. The molecule has 31 heavy (non-hydrogen) atoms. The number of hydrogen-bond acceptors (Lipinski definition) is 0. The summed E-state index contributed by atoms with van der Waals surface area (Å²) in [5.41, 5.74) is 6.76. The lowest BCUT2D eigenvalue weighted by atomic mass is 9.66. The Morgan fingerprint density at radius 3 is 2.06 bits per heavy atom. The largest absolute Gasteiger partial charge is 0.0851 e. The van der Waals surface area contributed by atoms with Gasteiger partial charge in [-0.15, -0.1) is 0 Å². The van der Waals surface area contributed by atoms with Crippen molar-refractivity contribution < 1.29 is 0 Å². The van der Waals surface area contributed by atoms with Gasteiger partial charge in [-0.2, -0.15) is 0 Å². The maximum absolute atomic E-state index is 2.57. The Balaban J connectivity index is 1.20. The van der Waals surface area contributed by atoms with E-state index in [1.54, 1.807) is 0 Å². The summed E-state index contributed by atoms with van der Waals surface area (Å²) in [7, 11) is 0. The summed E-state index contributed by atoms with van der Waals surface area (Å²) in [5, 5.41) is 0. The molecule has 0 nitrogen and oxygen atoms in total. The lowest BCUT2D eigenvalue weighted by Crippen LogP contribution is -2.30. The molecule has 2 aromatic rings. The summed E-state index contributed by atoms with van der Waals surface area (Å²) < 4.78 is 0. The molecule has 0 spiro atoms. The van der Waals surface area contributed by atoms with Crippen LogP contribution in [0.1, 0.15) is 89.7 Å². The molecule has 0 amide bonds. The van der Waals surface area contributed by atoms with Crippen LogP contribution in [0.3, 0.4) is 0 Å². The minimum atomic E-state index is 0.433. The lowest BCUT2D eigenvalue weighted by Gasteiger charge is -2.39. The normalized spacial score (nSPS) is 34.1. The molecule has 0 heterocycles. The van der Waals surface area contributed by atoms with E-state index in [0.29, 0.717) is 10.8 Å². The molecule has 0 bridgehead atoms. The molecule has 0 heteroatoms. The Hall–Kier alpha value is -1.82. The van der Waals surface area contributed by atoms with Gasteiger partial charge in [-0.3, -0.25) is 0 Å². The topological polar surface area (TPSA) is 0 Å². The van der Waals surface area contributed by atoms with Crippen LogP contribution in [0, 0.1) is 23.2 Å². The molecule has 2 aromatic carbocycles. The quantitative estimate of drug-likeness (QED) is 0.415. The molecule has 0 aliphatic heterocycles. The van der Waals surface area contributed by atoms with E-state index in [2.05, 4.69) is 88.4 Å². The first-order valence-corrected chi connectivity index (χ1v) is 12.8. The van der Waals surface area contributed by atoms with Gasteiger partial charge in [0.15, 0.2) is 0 Å². The highest BCUT2D eigenvalue weighted by Gasteiger charge is 2.54. The SMILES string of the molecule is CCC1(C)C(C)C1/C=C/C1CCC(c2ccc(-c3ccc(C4(C)CCC4)cc3)cc2)C1. The van der Waals surface area contributed by atoms with E-state index >= 15 is 0 Å². The van der Waals surface area contributed by atoms with Crippen LogP contribution in [-0.4, -0.2) is 0 Å². The maximum Gasteiger partial charge on any atom is -0.00752 e. The molecule has 0 aromatic heterocycles. The smallest absolute Gasteiger partial charge is 0.00752 e. The van der Waals surface area contributed by atoms with Crippen molar-refractivity contribution in [3.8, 4) is 11.1 Å². The third-order valence-electron chi connectivity index (χ3n) is 9.81. The molecule has 164 valence electrons. The molecule has 3 fully saturated rings. The fraction of sp³-hybridized carbons (Fsp3) is 0.548. The molecule has 3 saturated carbocycles. The minimum absolute atomic E-state index is 0.433. The molecule has 0 N–H and O–H groups in total. The van der Waals surface area contributed by atoms with Crippen molar-refractivity contribution in [2.45, 2.75) is 84.0 Å². The summed E-state index contributed by atoms with van der Waals surface area (Å²) in [6.07, 6.45) is 14.5. The van der Waals surface area contributed by atoms with E-state index in [1.807, 2.05) is 0 Å².